The van der Waals surface area contributed by atoms with Gasteiger partial charge in [0.05, 0.1) is 0 Å². The third-order valence-electron chi connectivity index (χ3n) is 17.1. The third-order valence-corrected chi connectivity index (χ3v) is 18.3. The highest BCUT2D eigenvalue weighted by molar-refractivity contribution is 7.26. The predicted molar refractivity (Wildman–Crippen MR) is 335 cm³/mol. The monoisotopic (exact) mass is 1010 g/mol. The summed E-state index contributed by atoms with van der Waals surface area (Å²) >= 11 is 1.91. The molecule has 1 atom stereocenters. The molecule has 1 heterocycles. The normalized spacial score (nSPS) is 13.1. The minimum absolute atomic E-state index is 0.0564. The van der Waals surface area contributed by atoms with Crippen LogP contribution in [0, 0.1) is 0 Å². The van der Waals surface area contributed by atoms with Gasteiger partial charge in [0, 0.05) is 37.1 Å². The molecule has 0 aliphatic heterocycles. The highest BCUT2D eigenvalue weighted by Gasteiger charge is 2.37. The van der Waals surface area contributed by atoms with E-state index < -0.39 is 0 Å². The molecule has 0 saturated heterocycles. The number of hydrogen-bond donors (Lipinski definition) is 0. The van der Waals surface area contributed by atoms with E-state index in [2.05, 4.69) is 287 Å². The van der Waals surface area contributed by atoms with Crippen molar-refractivity contribution in [3.63, 3.8) is 0 Å². The van der Waals surface area contributed by atoms with E-state index in [9.17, 15) is 0 Å². The van der Waals surface area contributed by atoms with E-state index in [1.165, 1.54) is 147 Å². The number of hydrogen-bond acceptors (Lipinski definition) is 1. The van der Waals surface area contributed by atoms with Gasteiger partial charge in [0.2, 0.25) is 0 Å². The maximum atomic E-state index is 2.49. The van der Waals surface area contributed by atoms with Crippen LogP contribution < -0.4 is 0 Å². The molecule has 1 aliphatic rings. The first-order valence-electron chi connectivity index (χ1n) is 27.4. The Labute approximate surface area is 460 Å². The predicted octanol–water partition coefficient (Wildman–Crippen LogP) is 21.5. The number of thiophene rings is 1. The molecule has 0 fully saturated rings. The molecule has 0 bridgehead atoms. The second kappa shape index (κ2) is 18.6. The van der Waals surface area contributed by atoms with Crippen LogP contribution in [0.15, 0.2) is 273 Å². The highest BCUT2D eigenvalue weighted by Crippen LogP contribution is 2.53. The van der Waals surface area contributed by atoms with Gasteiger partial charge in [-0.3, -0.25) is 0 Å². The first-order chi connectivity index (χ1) is 38.4. The summed E-state index contributed by atoms with van der Waals surface area (Å²) in [6.45, 7) is 4.82. The summed E-state index contributed by atoms with van der Waals surface area (Å²) in [6.07, 6.45) is 0.840. The van der Waals surface area contributed by atoms with Crippen molar-refractivity contribution in [2.24, 2.45) is 0 Å². The zero-order chi connectivity index (χ0) is 51.9. The summed E-state index contributed by atoms with van der Waals surface area (Å²) in [6, 6.07) is 103. The lowest BCUT2D eigenvalue weighted by Crippen LogP contribution is -2.15. The van der Waals surface area contributed by atoms with Crippen molar-refractivity contribution in [1.29, 1.82) is 0 Å². The molecule has 1 aromatic heterocycles. The first-order valence-corrected chi connectivity index (χ1v) is 28.2. The van der Waals surface area contributed by atoms with E-state index in [0.29, 0.717) is 0 Å². The minimum atomic E-state index is -0.152. The molecule has 1 heteroatoms. The van der Waals surface area contributed by atoms with E-state index in [4.69, 9.17) is 0 Å². The van der Waals surface area contributed by atoms with Gasteiger partial charge in [0.25, 0.3) is 0 Å². The Morgan fingerprint density at radius 3 is 1.76 bits per heavy atom. The summed E-state index contributed by atoms with van der Waals surface area (Å²) in [5.41, 5.74) is 21.8. The SMILES string of the molecule is CC1(C)c2ccc(-c3ccc4c(ccc5ccccc54)c3)cc2-c2c(CC(c3cccc(-c4ccc5sc6c(-c7ccccc7)cc(-c7cccc8ccccc78)cc6c5c4)c3)c3ccccc3-c3ccccc3)cccc21. The molecule has 15 rings (SSSR count). The molecule has 78 heavy (non-hydrogen) atoms. The largest absolute Gasteiger partial charge is 0.135 e. The highest BCUT2D eigenvalue weighted by atomic mass is 32.1. The van der Waals surface area contributed by atoms with E-state index in [1.807, 2.05) is 11.3 Å². The van der Waals surface area contributed by atoms with E-state index in [-0.39, 0.29) is 11.3 Å². The van der Waals surface area contributed by atoms with Crippen molar-refractivity contribution in [3.8, 4) is 66.8 Å². The molecule has 0 amide bonds. The quantitative estimate of drug-likeness (QED) is 0.126. The van der Waals surface area contributed by atoms with Gasteiger partial charge < -0.3 is 0 Å². The molecule has 14 aromatic rings. The first kappa shape index (κ1) is 46.2. The Bertz CT molecular complexity index is 4660. The Balaban J connectivity index is 0.868. The van der Waals surface area contributed by atoms with Crippen molar-refractivity contribution < 1.29 is 0 Å². The Morgan fingerprint density at radius 1 is 0.333 bits per heavy atom. The second-order valence-electron chi connectivity index (χ2n) is 21.9. The standard InChI is InChI=1S/C77H54S/c1-77(2)72-40-37-55(54-36-39-65-58(43-54)35-34-52-23-10-12-29-62(52)65)45-71(72)75-59(27-17-33-73(75)77)46-67(66-31-14-13-30-63(66)49-18-5-3-6-19-49)57-26-15-25-53(42-57)56-38-41-74-69(44-56)70-48-60(64-32-16-24-50-22-9-11-28-61(50)64)47-68(76(70)78-74)51-20-7-4-8-21-51/h3-45,47-48,67H,46H2,1-2H3. The van der Waals surface area contributed by atoms with Crippen LogP contribution in [0.25, 0.3) is 119 Å². The summed E-state index contributed by atoms with van der Waals surface area (Å²) < 4.78 is 2.62. The van der Waals surface area contributed by atoms with Crippen LogP contribution >= 0.6 is 11.3 Å². The van der Waals surface area contributed by atoms with Crippen LogP contribution in [-0.2, 0) is 11.8 Å². The molecule has 0 nitrogen and oxygen atoms in total. The molecule has 368 valence electrons. The number of rotatable bonds is 9. The van der Waals surface area contributed by atoms with Gasteiger partial charge in [0.1, 0.15) is 0 Å². The van der Waals surface area contributed by atoms with Crippen LogP contribution in [0.4, 0.5) is 0 Å². The Morgan fingerprint density at radius 2 is 0.910 bits per heavy atom. The van der Waals surface area contributed by atoms with Crippen molar-refractivity contribution >= 4 is 63.8 Å². The van der Waals surface area contributed by atoms with Crippen LogP contribution in [0.5, 0.6) is 0 Å². The summed E-state index contributed by atoms with van der Waals surface area (Å²) in [4.78, 5) is 0. The van der Waals surface area contributed by atoms with Gasteiger partial charge >= 0.3 is 0 Å². The average Bonchev–Trinajstić information content (AvgIpc) is 4.23. The molecule has 1 aliphatic carbocycles. The lowest BCUT2D eigenvalue weighted by Gasteiger charge is -2.25. The Hall–Kier alpha value is -9.14. The van der Waals surface area contributed by atoms with Crippen molar-refractivity contribution in [2.45, 2.75) is 31.6 Å². The molecule has 0 spiro atoms. The number of fused-ring (bicyclic) bond motifs is 10. The number of benzene rings is 13. The fraction of sp³-hybridized carbons (Fsp3) is 0.0649. The molecule has 0 N–H and O–H groups in total. The van der Waals surface area contributed by atoms with Gasteiger partial charge in [-0.15, -0.1) is 11.3 Å². The summed E-state index contributed by atoms with van der Waals surface area (Å²) in [5, 5.41) is 10.2. The van der Waals surface area contributed by atoms with Crippen LogP contribution in [0.2, 0.25) is 0 Å². The average molecular weight is 1010 g/mol. The Kier molecular flexibility index (Phi) is 11.0. The van der Waals surface area contributed by atoms with E-state index in [0.717, 1.165) is 6.42 Å². The zero-order valence-electron chi connectivity index (χ0n) is 43.7. The summed E-state index contributed by atoms with van der Waals surface area (Å²) in [5.74, 6) is 0.0564. The molecular weight excluding hydrogens is 957 g/mol. The topological polar surface area (TPSA) is 0 Å². The molecule has 0 saturated carbocycles. The van der Waals surface area contributed by atoms with Crippen LogP contribution in [-0.4, -0.2) is 0 Å². The maximum Gasteiger partial charge on any atom is 0.0434 e. The van der Waals surface area contributed by atoms with Crippen LogP contribution in [0.3, 0.4) is 0 Å². The summed E-state index contributed by atoms with van der Waals surface area (Å²) in [7, 11) is 0. The van der Waals surface area contributed by atoms with Gasteiger partial charge in [-0.25, -0.2) is 0 Å². The van der Waals surface area contributed by atoms with Crippen molar-refractivity contribution in [2.75, 3.05) is 0 Å². The lowest BCUT2D eigenvalue weighted by atomic mass is 9.79. The van der Waals surface area contributed by atoms with Crippen LogP contribution in [0.1, 0.15) is 47.6 Å². The van der Waals surface area contributed by atoms with Gasteiger partial charge in [-0.1, -0.05) is 250 Å². The zero-order valence-corrected chi connectivity index (χ0v) is 44.5. The van der Waals surface area contributed by atoms with E-state index in [1.54, 1.807) is 0 Å². The second-order valence-corrected chi connectivity index (χ2v) is 22.9. The third kappa shape index (κ3) is 7.72. The minimum Gasteiger partial charge on any atom is -0.135 e. The van der Waals surface area contributed by atoms with E-state index >= 15 is 0 Å². The molecule has 0 radical (unpaired) electrons. The van der Waals surface area contributed by atoms with Crippen molar-refractivity contribution in [3.05, 3.63) is 301 Å². The fourth-order valence-corrected chi connectivity index (χ4v) is 14.4. The molecular formula is C77H54S. The van der Waals surface area contributed by atoms with Gasteiger partial charge in [0.15, 0.2) is 0 Å². The molecule has 13 aromatic carbocycles. The maximum absolute atomic E-state index is 2.49. The van der Waals surface area contributed by atoms with Gasteiger partial charge in [-0.2, -0.15) is 0 Å². The fourth-order valence-electron chi connectivity index (χ4n) is 13.2. The van der Waals surface area contributed by atoms with Gasteiger partial charge in [-0.05, 0) is 164 Å². The molecule has 1 unspecified atom stereocenters. The lowest BCUT2D eigenvalue weighted by molar-refractivity contribution is 0.659. The van der Waals surface area contributed by atoms with Crippen molar-refractivity contribution in [1.82, 2.24) is 0 Å². The smallest absolute Gasteiger partial charge is 0.0434 e.